The normalized spacial score (nSPS) is 26.8. The van der Waals surface area contributed by atoms with E-state index in [0.29, 0.717) is 45.3 Å². The number of ether oxygens (including phenoxy) is 1. The molecule has 60 heavy (non-hydrogen) atoms. The molecule has 13 nitrogen and oxygen atoms in total. The van der Waals surface area contributed by atoms with Gasteiger partial charge in [0.2, 0.25) is 17.6 Å². The van der Waals surface area contributed by atoms with Crippen LogP contribution in [0.3, 0.4) is 0 Å². The summed E-state index contributed by atoms with van der Waals surface area (Å²) in [6.45, 7) is 13.9. The first-order valence-electron chi connectivity index (χ1n) is 22.3. The standard InChI is InChI=1S/C46H69N5O8S/c1-7-25-47-40(54)37(52)34(26-31-19-20-31)48-39(53)36-35-33(45(35,6)29-59-28-32-17-11-8-12-18-32)27-51(36)41(55)38(44(5)21-13-9-14-22-44)49-42(56)50-46(23-15-10-16-24-46)30-60(57,58)43(2,3)4/h7-8,11-12,17-18,31,33-36,38H,1,9-10,13-16,19-30H2,2-6H3,(H,47,54)(H,48,53)(H2,49,50,56)/t33-,34?,35-,36-,38+,45+/m0/s1. The van der Waals surface area contributed by atoms with Gasteiger partial charge in [0.1, 0.15) is 12.1 Å². The average Bonchev–Trinajstić information content (AvgIpc) is 4.07. The minimum Gasteiger partial charge on any atom is -0.376 e. The molecule has 6 atom stereocenters. The van der Waals surface area contributed by atoms with E-state index in [0.717, 1.165) is 56.9 Å². The monoisotopic (exact) mass is 851 g/mol. The lowest BCUT2D eigenvalue weighted by Gasteiger charge is -2.44. The van der Waals surface area contributed by atoms with E-state index >= 15 is 4.79 Å². The molecule has 1 aromatic carbocycles. The Bertz CT molecular complexity index is 1870. The van der Waals surface area contributed by atoms with Crippen molar-refractivity contribution in [1.82, 2.24) is 26.2 Å². The summed E-state index contributed by atoms with van der Waals surface area (Å²) in [7, 11) is -3.60. The lowest BCUT2D eigenvalue weighted by molar-refractivity contribution is -0.146. The van der Waals surface area contributed by atoms with Crippen LogP contribution in [0.1, 0.15) is 124 Å². The molecule has 4 N–H and O–H groups in total. The second-order valence-corrected chi connectivity index (χ2v) is 22.9. The summed E-state index contributed by atoms with van der Waals surface area (Å²) in [6.07, 6.45) is 11.3. The summed E-state index contributed by atoms with van der Waals surface area (Å²) >= 11 is 0. The van der Waals surface area contributed by atoms with Gasteiger partial charge in [-0.25, -0.2) is 13.2 Å². The molecule has 1 aliphatic heterocycles. The zero-order valence-corrected chi connectivity index (χ0v) is 37.3. The van der Waals surface area contributed by atoms with Crippen molar-refractivity contribution in [2.75, 3.05) is 25.4 Å². The highest BCUT2D eigenvalue weighted by Crippen LogP contribution is 2.65. The van der Waals surface area contributed by atoms with Crippen LogP contribution in [-0.4, -0.2) is 96.7 Å². The van der Waals surface area contributed by atoms with Crippen LogP contribution in [0.15, 0.2) is 43.0 Å². The molecule has 1 saturated heterocycles. The highest BCUT2D eigenvalue weighted by atomic mass is 32.2. The number of nitrogens with one attached hydrogen (secondary N) is 4. The molecular weight excluding hydrogens is 783 g/mol. The van der Waals surface area contributed by atoms with Gasteiger partial charge < -0.3 is 30.9 Å². The molecule has 0 bridgehead atoms. The third kappa shape index (κ3) is 10.3. The molecule has 0 spiro atoms. The minimum atomic E-state index is -3.60. The lowest BCUT2D eigenvalue weighted by Crippen LogP contribution is -2.65. The number of hydrogen-bond acceptors (Lipinski definition) is 8. The molecule has 4 saturated carbocycles. The average molecular weight is 852 g/mol. The van der Waals surface area contributed by atoms with Crippen molar-refractivity contribution in [1.29, 1.82) is 0 Å². The third-order valence-corrected chi connectivity index (χ3v) is 17.2. The molecule has 5 amide bonds. The van der Waals surface area contributed by atoms with Gasteiger partial charge in [0, 0.05) is 24.4 Å². The number of fused-ring (bicyclic) bond motifs is 1. The SMILES string of the molecule is C=CCNC(=O)C(=O)C(CC1CC1)NC(=O)[C@@H]1[C@@H]2[C@H](CN1C(=O)[C@@H](NC(=O)NC1(CS(=O)(=O)C(C)(C)C)CCCCC1)C1(C)CCCCC1)[C@@]2(C)COCc1ccccc1. The number of amides is 5. The van der Waals surface area contributed by atoms with E-state index in [4.69, 9.17) is 4.74 Å². The Hall–Kier alpha value is -3.78. The molecule has 1 aromatic rings. The van der Waals surface area contributed by atoms with Crippen LogP contribution >= 0.6 is 0 Å². The summed E-state index contributed by atoms with van der Waals surface area (Å²) in [5.41, 5.74) is -1.03. The number of benzene rings is 1. The van der Waals surface area contributed by atoms with E-state index in [1.807, 2.05) is 37.3 Å². The number of rotatable bonds is 18. The number of urea groups is 1. The largest absolute Gasteiger partial charge is 0.376 e. The van der Waals surface area contributed by atoms with E-state index in [-0.39, 0.29) is 42.5 Å². The van der Waals surface area contributed by atoms with E-state index in [1.54, 1.807) is 25.7 Å². The fourth-order valence-corrected chi connectivity index (χ4v) is 11.8. The molecule has 6 rings (SSSR count). The zero-order chi connectivity index (χ0) is 43.5. The first kappa shape index (κ1) is 45.7. The van der Waals surface area contributed by atoms with Gasteiger partial charge in [-0.1, -0.05) is 102 Å². The number of sulfone groups is 1. The Morgan fingerprint density at radius 3 is 2.17 bits per heavy atom. The number of likely N-dealkylation sites (tertiary alicyclic amines) is 1. The molecule has 1 unspecified atom stereocenters. The molecule has 332 valence electrons. The zero-order valence-electron chi connectivity index (χ0n) is 36.5. The highest BCUT2D eigenvalue weighted by Gasteiger charge is 2.72. The van der Waals surface area contributed by atoms with Gasteiger partial charge in [-0.2, -0.15) is 0 Å². The first-order chi connectivity index (χ1) is 28.3. The fourth-order valence-electron chi connectivity index (χ4n) is 10.3. The van der Waals surface area contributed by atoms with Gasteiger partial charge in [-0.3, -0.25) is 19.2 Å². The van der Waals surface area contributed by atoms with Crippen molar-refractivity contribution in [3.05, 3.63) is 48.6 Å². The molecule has 4 aliphatic carbocycles. The molecule has 0 aromatic heterocycles. The Balaban J connectivity index is 1.28. The quantitative estimate of drug-likeness (QED) is 0.112. The highest BCUT2D eigenvalue weighted by molar-refractivity contribution is 7.92. The third-order valence-electron chi connectivity index (χ3n) is 14.4. The van der Waals surface area contributed by atoms with Gasteiger partial charge in [0.15, 0.2) is 9.84 Å². The first-order valence-corrected chi connectivity index (χ1v) is 23.9. The van der Waals surface area contributed by atoms with Gasteiger partial charge in [-0.05, 0) is 75.7 Å². The number of ketones is 1. The van der Waals surface area contributed by atoms with E-state index in [2.05, 4.69) is 34.8 Å². The van der Waals surface area contributed by atoms with Crippen LogP contribution < -0.4 is 21.3 Å². The maximum Gasteiger partial charge on any atom is 0.315 e. The number of carbonyl (C=O) groups is 5. The number of hydrogen-bond donors (Lipinski definition) is 4. The molecule has 5 aliphatic rings. The van der Waals surface area contributed by atoms with Crippen molar-refractivity contribution < 1.29 is 37.1 Å². The van der Waals surface area contributed by atoms with E-state index in [9.17, 15) is 27.6 Å². The topological polar surface area (TPSA) is 180 Å². The predicted molar refractivity (Wildman–Crippen MR) is 230 cm³/mol. The Morgan fingerprint density at radius 2 is 1.57 bits per heavy atom. The van der Waals surface area contributed by atoms with Crippen LogP contribution in [-0.2, 0) is 40.4 Å². The van der Waals surface area contributed by atoms with Crippen molar-refractivity contribution in [2.45, 2.75) is 153 Å². The summed E-state index contributed by atoms with van der Waals surface area (Å²) < 4.78 is 32.4. The van der Waals surface area contributed by atoms with Gasteiger partial charge in [0.05, 0.1) is 35.3 Å². The van der Waals surface area contributed by atoms with Crippen molar-refractivity contribution in [3.63, 3.8) is 0 Å². The Labute approximate surface area is 357 Å². The number of Topliss-reactive ketones (excluding diaryl/α,β-unsaturated/α-hetero) is 1. The van der Waals surface area contributed by atoms with Gasteiger partial charge >= 0.3 is 6.03 Å². The molecule has 1 heterocycles. The Kier molecular flexibility index (Phi) is 13.9. The van der Waals surface area contributed by atoms with Crippen LogP contribution in [0.25, 0.3) is 0 Å². The van der Waals surface area contributed by atoms with Gasteiger partial charge in [-0.15, -0.1) is 6.58 Å². The fraction of sp³-hybridized carbons (Fsp3) is 0.717. The second-order valence-electron chi connectivity index (χ2n) is 20.1. The molecule has 5 fully saturated rings. The van der Waals surface area contributed by atoms with Crippen LogP contribution in [0.2, 0.25) is 0 Å². The van der Waals surface area contributed by atoms with E-state index in [1.165, 1.54) is 6.08 Å². The van der Waals surface area contributed by atoms with Crippen LogP contribution in [0.5, 0.6) is 0 Å². The number of piperidine rings is 1. The molecule has 14 heteroatoms. The predicted octanol–water partition coefficient (Wildman–Crippen LogP) is 5.38. The van der Waals surface area contributed by atoms with Gasteiger partial charge in [0.25, 0.3) is 5.91 Å². The second kappa shape index (κ2) is 18.3. The van der Waals surface area contributed by atoms with E-state index < -0.39 is 72.7 Å². The molecule has 0 radical (unpaired) electrons. The number of nitrogens with zero attached hydrogens (tertiary/aromatic N) is 1. The summed E-state index contributed by atoms with van der Waals surface area (Å²) in [5, 5.41) is 11.7. The van der Waals surface area contributed by atoms with Crippen molar-refractivity contribution >= 4 is 39.4 Å². The maximum absolute atomic E-state index is 15.3. The maximum atomic E-state index is 15.3. The van der Waals surface area contributed by atoms with Crippen LogP contribution in [0, 0.1) is 28.6 Å². The van der Waals surface area contributed by atoms with Crippen molar-refractivity contribution in [2.24, 2.45) is 28.6 Å². The smallest absolute Gasteiger partial charge is 0.315 e. The van der Waals surface area contributed by atoms with Crippen LogP contribution in [0.4, 0.5) is 4.79 Å². The molecular formula is C46H69N5O8S. The number of carbonyl (C=O) groups excluding carboxylic acids is 5. The summed E-state index contributed by atoms with van der Waals surface area (Å²) in [4.78, 5) is 72.4. The summed E-state index contributed by atoms with van der Waals surface area (Å²) in [5.74, 6) is -2.75. The minimum absolute atomic E-state index is 0.0804. The van der Waals surface area contributed by atoms with Crippen molar-refractivity contribution in [3.8, 4) is 0 Å². The Morgan fingerprint density at radius 1 is 0.933 bits per heavy atom. The summed E-state index contributed by atoms with van der Waals surface area (Å²) in [6, 6.07) is 6.21. The lowest BCUT2D eigenvalue weighted by atomic mass is 9.70.